The molecule has 168 valence electrons. The Bertz CT molecular complexity index is 1150. The van der Waals surface area contributed by atoms with Crippen LogP contribution in [-0.4, -0.2) is 49.9 Å². The molecular weight excluding hydrogens is 418 g/mol. The van der Waals surface area contributed by atoms with Gasteiger partial charge in [-0.15, -0.1) is 0 Å². The number of rotatable bonds is 4. The molecule has 3 aromatic rings. The minimum absolute atomic E-state index is 0.113. The number of hydrogen-bond acceptors (Lipinski definition) is 5. The van der Waals surface area contributed by atoms with Gasteiger partial charge in [0.25, 0.3) is 5.91 Å². The Labute approximate surface area is 193 Å². The summed E-state index contributed by atoms with van der Waals surface area (Å²) in [6.07, 6.45) is 4.45. The second kappa shape index (κ2) is 9.24. The zero-order valence-corrected chi connectivity index (χ0v) is 19.8. The van der Waals surface area contributed by atoms with Gasteiger partial charge in [0.2, 0.25) is 0 Å². The molecule has 1 amide bonds. The van der Waals surface area contributed by atoms with Gasteiger partial charge in [-0.2, -0.15) is 11.8 Å². The molecule has 32 heavy (non-hydrogen) atoms. The third-order valence-corrected chi connectivity index (χ3v) is 7.43. The van der Waals surface area contributed by atoms with Crippen molar-refractivity contribution in [3.05, 3.63) is 52.5 Å². The van der Waals surface area contributed by atoms with E-state index in [2.05, 4.69) is 33.8 Å². The van der Waals surface area contributed by atoms with Crippen molar-refractivity contribution in [2.75, 3.05) is 29.9 Å². The van der Waals surface area contributed by atoms with Crippen LogP contribution < -0.4 is 5.32 Å². The third kappa shape index (κ3) is 4.41. The molecule has 0 atom stereocenters. The van der Waals surface area contributed by atoms with Crippen LogP contribution >= 0.6 is 11.8 Å². The van der Waals surface area contributed by atoms with Crippen LogP contribution in [0.15, 0.2) is 24.3 Å². The number of thioether (sulfide) groups is 1. The fourth-order valence-corrected chi connectivity index (χ4v) is 5.74. The highest BCUT2D eigenvalue weighted by Crippen LogP contribution is 2.26. The van der Waals surface area contributed by atoms with E-state index in [9.17, 15) is 4.79 Å². The van der Waals surface area contributed by atoms with E-state index in [0.717, 1.165) is 79.4 Å². The molecule has 2 aliphatic heterocycles. The fourth-order valence-electron chi connectivity index (χ4n) is 4.76. The van der Waals surface area contributed by atoms with Gasteiger partial charge in [0.15, 0.2) is 5.65 Å². The SMILES string of the molecule is Cc1cc(C(=O)Nc2ccc(CN3CCSCC3)cc2C)c2nc3n(c2n1)CCCCC3. The van der Waals surface area contributed by atoms with Gasteiger partial charge in [0.05, 0.1) is 5.56 Å². The molecule has 0 unspecified atom stereocenters. The van der Waals surface area contributed by atoms with E-state index in [1.807, 2.05) is 30.8 Å². The van der Waals surface area contributed by atoms with Crippen LogP contribution in [-0.2, 0) is 19.5 Å². The summed E-state index contributed by atoms with van der Waals surface area (Å²) in [6, 6.07) is 8.23. The number of benzene rings is 1. The molecule has 0 radical (unpaired) electrons. The zero-order valence-electron chi connectivity index (χ0n) is 19.0. The summed E-state index contributed by atoms with van der Waals surface area (Å²) < 4.78 is 2.21. The number of anilines is 1. The lowest BCUT2D eigenvalue weighted by atomic mass is 10.1. The Morgan fingerprint density at radius 1 is 1.06 bits per heavy atom. The Morgan fingerprint density at radius 2 is 1.91 bits per heavy atom. The summed E-state index contributed by atoms with van der Waals surface area (Å²) >= 11 is 2.03. The topological polar surface area (TPSA) is 63.1 Å². The minimum Gasteiger partial charge on any atom is -0.322 e. The van der Waals surface area contributed by atoms with Crippen molar-refractivity contribution >= 4 is 34.5 Å². The summed E-state index contributed by atoms with van der Waals surface area (Å²) in [5, 5.41) is 3.14. The predicted molar refractivity (Wildman–Crippen MR) is 132 cm³/mol. The highest BCUT2D eigenvalue weighted by molar-refractivity contribution is 7.99. The maximum atomic E-state index is 13.3. The molecule has 6 nitrogen and oxygen atoms in total. The average Bonchev–Trinajstić information content (AvgIpc) is 2.96. The molecule has 1 fully saturated rings. The van der Waals surface area contributed by atoms with Crippen molar-refractivity contribution in [1.29, 1.82) is 0 Å². The van der Waals surface area contributed by atoms with Gasteiger partial charge < -0.3 is 9.88 Å². The van der Waals surface area contributed by atoms with Gasteiger partial charge in [-0.3, -0.25) is 9.69 Å². The van der Waals surface area contributed by atoms with E-state index in [1.54, 1.807) is 0 Å². The standard InChI is InChI=1S/C25H31N5OS/c1-17-14-19(16-29-10-12-32-13-11-29)7-8-21(17)27-25(31)20-15-18(2)26-24-23(20)28-22-6-4-3-5-9-30(22)24/h7-8,14-15H,3-6,9-13,16H2,1-2H3,(H,27,31). The molecule has 7 heteroatoms. The number of nitrogens with one attached hydrogen (secondary N) is 1. The van der Waals surface area contributed by atoms with Gasteiger partial charge in [0.1, 0.15) is 11.3 Å². The number of hydrogen-bond donors (Lipinski definition) is 1. The summed E-state index contributed by atoms with van der Waals surface area (Å²) in [6.45, 7) is 8.21. The average molecular weight is 450 g/mol. The molecule has 0 saturated carbocycles. The van der Waals surface area contributed by atoms with E-state index in [4.69, 9.17) is 9.97 Å². The number of nitrogens with zero attached hydrogens (tertiary/aromatic N) is 4. The van der Waals surface area contributed by atoms with Crippen LogP contribution in [0.25, 0.3) is 11.2 Å². The number of carbonyl (C=O) groups excluding carboxylic acids is 1. The van der Waals surface area contributed by atoms with E-state index < -0.39 is 0 Å². The van der Waals surface area contributed by atoms with Crippen molar-refractivity contribution in [3.8, 4) is 0 Å². The molecule has 1 aromatic carbocycles. The van der Waals surface area contributed by atoms with Crippen molar-refractivity contribution in [2.45, 2.75) is 52.6 Å². The molecule has 5 rings (SSSR count). The zero-order chi connectivity index (χ0) is 22.1. The molecule has 1 N–H and O–H groups in total. The maximum absolute atomic E-state index is 13.3. The quantitative estimate of drug-likeness (QED) is 0.632. The molecule has 0 spiro atoms. The maximum Gasteiger partial charge on any atom is 0.258 e. The lowest BCUT2D eigenvalue weighted by Gasteiger charge is -2.26. The number of aryl methyl sites for hydroxylation is 4. The van der Waals surface area contributed by atoms with E-state index in [1.165, 1.54) is 23.5 Å². The smallest absolute Gasteiger partial charge is 0.258 e. The number of fused-ring (bicyclic) bond motifs is 3. The van der Waals surface area contributed by atoms with Gasteiger partial charge >= 0.3 is 0 Å². The van der Waals surface area contributed by atoms with Crippen LogP contribution in [0.4, 0.5) is 5.69 Å². The summed E-state index contributed by atoms with van der Waals surface area (Å²) in [4.78, 5) is 25.4. The molecule has 4 heterocycles. The first kappa shape index (κ1) is 21.5. The van der Waals surface area contributed by atoms with E-state index in [-0.39, 0.29) is 5.91 Å². The number of carbonyl (C=O) groups is 1. The summed E-state index contributed by atoms with van der Waals surface area (Å²) in [5.74, 6) is 3.37. The van der Waals surface area contributed by atoms with Crippen molar-refractivity contribution in [3.63, 3.8) is 0 Å². The van der Waals surface area contributed by atoms with Crippen LogP contribution in [0.5, 0.6) is 0 Å². The molecule has 1 saturated heterocycles. The van der Waals surface area contributed by atoms with Crippen LogP contribution in [0.2, 0.25) is 0 Å². The van der Waals surface area contributed by atoms with Gasteiger partial charge in [-0.1, -0.05) is 18.6 Å². The number of amides is 1. The monoisotopic (exact) mass is 449 g/mol. The first-order valence-corrected chi connectivity index (χ1v) is 12.8. The Hall–Kier alpha value is -2.38. The highest BCUT2D eigenvalue weighted by Gasteiger charge is 2.21. The van der Waals surface area contributed by atoms with Gasteiger partial charge in [-0.25, -0.2) is 9.97 Å². The largest absolute Gasteiger partial charge is 0.322 e. The normalized spacial score (nSPS) is 17.2. The van der Waals surface area contributed by atoms with E-state index >= 15 is 0 Å². The first-order chi connectivity index (χ1) is 15.6. The number of aromatic nitrogens is 3. The Balaban J connectivity index is 1.39. The summed E-state index contributed by atoms with van der Waals surface area (Å²) in [7, 11) is 0. The molecule has 2 aliphatic rings. The second-order valence-corrected chi connectivity index (χ2v) is 10.2. The minimum atomic E-state index is -0.113. The highest BCUT2D eigenvalue weighted by atomic mass is 32.2. The fraction of sp³-hybridized carbons (Fsp3) is 0.480. The molecule has 0 aliphatic carbocycles. The van der Waals surface area contributed by atoms with Crippen molar-refractivity contribution in [2.24, 2.45) is 0 Å². The molecule has 2 aromatic heterocycles. The Morgan fingerprint density at radius 3 is 2.72 bits per heavy atom. The number of pyridine rings is 1. The van der Waals surface area contributed by atoms with Crippen LogP contribution in [0.1, 0.15) is 52.3 Å². The molecule has 0 bridgehead atoms. The Kier molecular flexibility index (Phi) is 6.20. The first-order valence-electron chi connectivity index (χ1n) is 11.7. The number of imidazole rings is 1. The van der Waals surface area contributed by atoms with Gasteiger partial charge in [-0.05, 0) is 49.9 Å². The van der Waals surface area contributed by atoms with Crippen LogP contribution in [0, 0.1) is 13.8 Å². The second-order valence-electron chi connectivity index (χ2n) is 8.97. The third-order valence-electron chi connectivity index (χ3n) is 6.49. The summed E-state index contributed by atoms with van der Waals surface area (Å²) in [5.41, 5.74) is 6.28. The lowest BCUT2D eigenvalue weighted by Crippen LogP contribution is -2.31. The van der Waals surface area contributed by atoms with Crippen molar-refractivity contribution in [1.82, 2.24) is 19.4 Å². The van der Waals surface area contributed by atoms with Crippen molar-refractivity contribution < 1.29 is 4.79 Å². The predicted octanol–water partition coefficient (Wildman–Crippen LogP) is 4.58. The lowest BCUT2D eigenvalue weighted by molar-refractivity contribution is 0.102. The van der Waals surface area contributed by atoms with Gasteiger partial charge in [0, 0.05) is 55.5 Å². The van der Waals surface area contributed by atoms with E-state index in [0.29, 0.717) is 5.56 Å². The molecular formula is C25H31N5OS. The van der Waals surface area contributed by atoms with Crippen LogP contribution in [0.3, 0.4) is 0 Å².